The molecule has 1 N–H and O–H groups in total. The van der Waals surface area contributed by atoms with Gasteiger partial charge in [0.25, 0.3) is 5.91 Å². The molecule has 7 rings (SSSR count). The van der Waals surface area contributed by atoms with Gasteiger partial charge in [-0.05, 0) is 80.5 Å². The van der Waals surface area contributed by atoms with Crippen molar-refractivity contribution in [3.05, 3.63) is 29.8 Å². The number of hydrogen-bond donors (Lipinski definition) is 1. The summed E-state index contributed by atoms with van der Waals surface area (Å²) in [5.74, 6) is 2.15. The second kappa shape index (κ2) is 8.10. The number of carbonyl (C=O) groups excluding carboxylic acids is 4. The highest BCUT2D eigenvalue weighted by atomic mass is 16.2. The van der Waals surface area contributed by atoms with Gasteiger partial charge in [-0.25, -0.2) is 5.01 Å². The zero-order valence-electron chi connectivity index (χ0n) is 19.5. The van der Waals surface area contributed by atoms with E-state index in [1.807, 2.05) is 9.80 Å². The van der Waals surface area contributed by atoms with Crippen molar-refractivity contribution in [3.8, 4) is 0 Å². The van der Waals surface area contributed by atoms with E-state index in [1.54, 1.807) is 24.3 Å². The Morgan fingerprint density at radius 2 is 1.35 bits per heavy atom. The Morgan fingerprint density at radius 3 is 1.94 bits per heavy atom. The number of benzene rings is 1. The van der Waals surface area contributed by atoms with Gasteiger partial charge in [-0.15, -0.1) is 0 Å². The van der Waals surface area contributed by atoms with E-state index in [9.17, 15) is 19.2 Å². The van der Waals surface area contributed by atoms with E-state index < -0.39 is 0 Å². The lowest BCUT2D eigenvalue weighted by Crippen LogP contribution is -2.58. The van der Waals surface area contributed by atoms with Crippen LogP contribution in [-0.2, 0) is 14.4 Å². The summed E-state index contributed by atoms with van der Waals surface area (Å²) in [4.78, 5) is 54.2. The second-order valence-electron chi connectivity index (χ2n) is 11.1. The fourth-order valence-electron chi connectivity index (χ4n) is 7.54. The molecular weight excluding hydrogens is 432 g/mol. The molecule has 2 heterocycles. The third kappa shape index (κ3) is 3.67. The minimum absolute atomic E-state index is 0.0672. The summed E-state index contributed by atoms with van der Waals surface area (Å²) in [7, 11) is 0. The fraction of sp³-hybridized carbons (Fsp3) is 0.615. The minimum atomic E-state index is -0.194. The van der Waals surface area contributed by atoms with Crippen LogP contribution in [-0.4, -0.2) is 59.6 Å². The summed E-state index contributed by atoms with van der Waals surface area (Å²) < 4.78 is 0. The van der Waals surface area contributed by atoms with Crippen LogP contribution in [0.5, 0.6) is 0 Å². The van der Waals surface area contributed by atoms with Gasteiger partial charge in [0.15, 0.2) is 0 Å². The lowest BCUT2D eigenvalue weighted by molar-refractivity contribution is -0.159. The molecule has 4 aliphatic carbocycles. The van der Waals surface area contributed by atoms with Crippen LogP contribution in [0.15, 0.2) is 24.3 Å². The molecule has 2 aliphatic heterocycles. The maximum absolute atomic E-state index is 13.6. The summed E-state index contributed by atoms with van der Waals surface area (Å²) in [5, 5.41) is 1.24. The lowest BCUT2D eigenvalue weighted by atomic mass is 9.49. The van der Waals surface area contributed by atoms with Crippen LogP contribution >= 0.6 is 0 Å². The van der Waals surface area contributed by atoms with Crippen LogP contribution in [0.4, 0.5) is 5.69 Å². The van der Waals surface area contributed by atoms with E-state index in [-0.39, 0.29) is 36.0 Å². The van der Waals surface area contributed by atoms with Gasteiger partial charge in [0.1, 0.15) is 0 Å². The fourth-order valence-corrected chi connectivity index (χ4v) is 7.54. The largest absolute Gasteiger partial charge is 0.339 e. The summed E-state index contributed by atoms with van der Waals surface area (Å²) in [6.07, 6.45) is 7.57. The van der Waals surface area contributed by atoms with Crippen molar-refractivity contribution in [2.45, 2.75) is 51.4 Å². The molecule has 6 fully saturated rings. The number of hydrogen-bond acceptors (Lipinski definition) is 4. The topological polar surface area (TPSA) is 90.0 Å². The molecule has 4 amide bonds. The number of piperazine rings is 1. The van der Waals surface area contributed by atoms with Gasteiger partial charge < -0.3 is 9.80 Å². The maximum Gasteiger partial charge on any atom is 0.253 e. The van der Waals surface area contributed by atoms with Crippen LogP contribution in [0, 0.1) is 23.2 Å². The molecule has 4 bridgehead atoms. The summed E-state index contributed by atoms with van der Waals surface area (Å²) in [5.41, 5.74) is 3.53. The lowest BCUT2D eigenvalue weighted by Gasteiger charge is -2.57. The number of hydrazine groups is 1. The first-order valence-electron chi connectivity index (χ1n) is 12.7. The second-order valence-corrected chi connectivity index (χ2v) is 11.1. The molecule has 0 aromatic heterocycles. The van der Waals surface area contributed by atoms with Crippen molar-refractivity contribution in [1.29, 1.82) is 0 Å². The highest BCUT2D eigenvalue weighted by Gasteiger charge is 2.55. The molecule has 0 unspecified atom stereocenters. The molecular formula is C26H32N4O4. The van der Waals surface area contributed by atoms with Crippen molar-refractivity contribution in [1.82, 2.24) is 15.2 Å². The van der Waals surface area contributed by atoms with Gasteiger partial charge in [0.2, 0.25) is 17.7 Å². The molecule has 8 nitrogen and oxygen atoms in total. The van der Waals surface area contributed by atoms with Crippen LogP contribution < -0.4 is 10.4 Å². The van der Waals surface area contributed by atoms with Crippen molar-refractivity contribution in [2.75, 3.05) is 31.2 Å². The number of nitrogens with zero attached hydrogens (tertiary/aromatic N) is 3. The van der Waals surface area contributed by atoms with Crippen LogP contribution in [0.3, 0.4) is 0 Å². The minimum Gasteiger partial charge on any atom is -0.339 e. The van der Waals surface area contributed by atoms with Crippen LogP contribution in [0.1, 0.15) is 61.7 Å². The normalized spacial score (nSPS) is 32.7. The van der Waals surface area contributed by atoms with Gasteiger partial charge >= 0.3 is 0 Å². The predicted octanol–water partition coefficient (Wildman–Crippen LogP) is 2.35. The SMILES string of the molecule is O=C1CCC(=O)N(c2ccc(C(=O)N3CCN(C(=O)C45CC6CC(CC(C6)C4)C5)CC3)cc2)N1. The van der Waals surface area contributed by atoms with Crippen molar-refractivity contribution >= 4 is 29.3 Å². The van der Waals surface area contributed by atoms with Gasteiger partial charge in [0, 0.05) is 44.6 Å². The van der Waals surface area contributed by atoms with Crippen molar-refractivity contribution in [3.63, 3.8) is 0 Å². The maximum atomic E-state index is 13.6. The summed E-state index contributed by atoms with van der Waals surface area (Å²) >= 11 is 0. The number of amides is 4. The molecule has 1 aromatic rings. The molecule has 34 heavy (non-hydrogen) atoms. The van der Waals surface area contributed by atoms with Gasteiger partial charge in [0.05, 0.1) is 11.1 Å². The van der Waals surface area contributed by atoms with Gasteiger partial charge in [-0.3, -0.25) is 24.6 Å². The number of nitrogens with one attached hydrogen (secondary N) is 1. The Labute approximate surface area is 199 Å². The first-order chi connectivity index (χ1) is 16.4. The Bertz CT molecular complexity index is 992. The smallest absolute Gasteiger partial charge is 0.253 e. The van der Waals surface area contributed by atoms with Crippen molar-refractivity contribution < 1.29 is 19.2 Å². The third-order valence-corrected chi connectivity index (χ3v) is 8.77. The van der Waals surface area contributed by atoms with Crippen LogP contribution in [0.25, 0.3) is 0 Å². The molecule has 0 atom stereocenters. The highest BCUT2D eigenvalue weighted by Crippen LogP contribution is 2.60. The number of rotatable bonds is 3. The van der Waals surface area contributed by atoms with Gasteiger partial charge in [-0.2, -0.15) is 0 Å². The van der Waals surface area contributed by atoms with E-state index in [0.717, 1.165) is 37.0 Å². The first-order valence-corrected chi connectivity index (χ1v) is 12.7. The van der Waals surface area contributed by atoms with E-state index in [4.69, 9.17) is 0 Å². The molecule has 6 aliphatic rings. The molecule has 4 saturated carbocycles. The molecule has 2 saturated heterocycles. The standard InChI is InChI=1S/C26H32N4O4/c31-22-5-6-23(32)30(27-22)21-3-1-20(2-4-21)24(33)28-7-9-29(10-8-28)25(34)26-14-17-11-18(15-26)13-19(12-17)16-26/h1-4,17-19H,5-16H2,(H,27,31). The summed E-state index contributed by atoms with van der Waals surface area (Å²) in [6.45, 7) is 2.27. The Hall–Kier alpha value is -2.90. The molecule has 8 heteroatoms. The highest BCUT2D eigenvalue weighted by molar-refractivity contribution is 6.01. The third-order valence-electron chi connectivity index (χ3n) is 8.77. The van der Waals surface area contributed by atoms with Crippen molar-refractivity contribution in [2.24, 2.45) is 23.2 Å². The first kappa shape index (κ1) is 21.6. The molecule has 1 aromatic carbocycles. The number of anilines is 1. The Kier molecular flexibility index (Phi) is 5.15. The zero-order chi connectivity index (χ0) is 23.4. The summed E-state index contributed by atoms with van der Waals surface area (Å²) in [6, 6.07) is 6.75. The van der Waals surface area contributed by atoms with E-state index in [2.05, 4.69) is 5.43 Å². The van der Waals surface area contributed by atoms with E-state index >= 15 is 0 Å². The average molecular weight is 465 g/mol. The Balaban J connectivity index is 1.07. The van der Waals surface area contributed by atoms with E-state index in [0.29, 0.717) is 43.3 Å². The molecule has 180 valence electrons. The monoisotopic (exact) mass is 464 g/mol. The predicted molar refractivity (Wildman–Crippen MR) is 124 cm³/mol. The van der Waals surface area contributed by atoms with Gasteiger partial charge in [-0.1, -0.05) is 0 Å². The average Bonchev–Trinajstić information content (AvgIpc) is 2.84. The quantitative estimate of drug-likeness (QED) is 0.744. The van der Waals surface area contributed by atoms with Crippen LogP contribution in [0.2, 0.25) is 0 Å². The van der Waals surface area contributed by atoms with E-state index in [1.165, 1.54) is 24.3 Å². The molecule has 0 spiro atoms. The number of carbonyl (C=O) groups is 4. The zero-order valence-corrected chi connectivity index (χ0v) is 19.5. The Morgan fingerprint density at radius 1 is 0.794 bits per heavy atom. The molecule has 0 radical (unpaired) electrons.